The van der Waals surface area contributed by atoms with Crippen molar-refractivity contribution in [2.75, 3.05) is 6.54 Å². The average Bonchev–Trinajstić information content (AvgIpc) is 2.58. The first-order valence-electron chi connectivity index (χ1n) is 7.11. The topological polar surface area (TPSA) is 92.5 Å². The molecule has 124 valence electrons. The van der Waals surface area contributed by atoms with Gasteiger partial charge in [0.2, 0.25) is 5.91 Å². The highest BCUT2D eigenvalue weighted by Crippen LogP contribution is 2.22. The Balaban J connectivity index is 1.97. The lowest BCUT2D eigenvalue weighted by atomic mass is 10.1. The first-order chi connectivity index (χ1) is 11.5. The number of carbonyl (C=O) groups is 1. The van der Waals surface area contributed by atoms with Crippen molar-refractivity contribution in [3.8, 4) is 0 Å². The highest BCUT2D eigenvalue weighted by atomic mass is 35.5. The van der Waals surface area contributed by atoms with Crippen molar-refractivity contribution >= 4 is 29.3 Å². The third-order valence-corrected chi connectivity index (χ3v) is 3.63. The van der Waals surface area contributed by atoms with E-state index in [1.54, 1.807) is 42.5 Å². The van der Waals surface area contributed by atoms with Crippen LogP contribution in [0.5, 0.6) is 0 Å². The van der Waals surface area contributed by atoms with Crippen molar-refractivity contribution in [2.24, 2.45) is 0 Å². The summed E-state index contributed by atoms with van der Waals surface area (Å²) in [5, 5.41) is 23.9. The molecule has 7 heteroatoms. The summed E-state index contributed by atoms with van der Waals surface area (Å²) in [6.45, 7) is -0.0240. The molecule has 2 aromatic rings. The number of nitro benzene ring substituents is 1. The van der Waals surface area contributed by atoms with Crippen LogP contribution >= 0.6 is 11.6 Å². The molecule has 0 aliphatic carbocycles. The van der Waals surface area contributed by atoms with E-state index < -0.39 is 16.9 Å². The maximum Gasteiger partial charge on any atom is 0.276 e. The van der Waals surface area contributed by atoms with Crippen LogP contribution in [0.3, 0.4) is 0 Å². The third kappa shape index (κ3) is 4.65. The number of rotatable bonds is 6. The van der Waals surface area contributed by atoms with Crippen molar-refractivity contribution in [3.63, 3.8) is 0 Å². The summed E-state index contributed by atoms with van der Waals surface area (Å²) in [6, 6.07) is 12.9. The Morgan fingerprint density at radius 3 is 2.62 bits per heavy atom. The van der Waals surface area contributed by atoms with E-state index in [0.717, 1.165) is 0 Å². The second kappa shape index (κ2) is 8.24. The number of amides is 1. The lowest BCUT2D eigenvalue weighted by Gasteiger charge is -2.12. The maximum absolute atomic E-state index is 11.8. The lowest BCUT2D eigenvalue weighted by Crippen LogP contribution is -2.26. The number of aliphatic hydroxyl groups is 1. The van der Waals surface area contributed by atoms with Gasteiger partial charge in [-0.05, 0) is 18.2 Å². The highest BCUT2D eigenvalue weighted by molar-refractivity contribution is 6.31. The van der Waals surface area contributed by atoms with Crippen LogP contribution in [0.25, 0.3) is 6.08 Å². The van der Waals surface area contributed by atoms with Gasteiger partial charge in [-0.1, -0.05) is 41.9 Å². The maximum atomic E-state index is 11.8. The molecule has 2 N–H and O–H groups in total. The predicted molar refractivity (Wildman–Crippen MR) is 91.6 cm³/mol. The summed E-state index contributed by atoms with van der Waals surface area (Å²) in [7, 11) is 0. The Hall–Kier alpha value is -2.70. The fraction of sp³-hybridized carbons (Fsp3) is 0.118. The van der Waals surface area contributed by atoms with E-state index >= 15 is 0 Å². The largest absolute Gasteiger partial charge is 0.387 e. The molecule has 0 spiro atoms. The minimum atomic E-state index is -0.942. The summed E-state index contributed by atoms with van der Waals surface area (Å²) in [5.74, 6) is -0.473. The van der Waals surface area contributed by atoms with E-state index in [1.165, 1.54) is 18.2 Å². The second-order valence-corrected chi connectivity index (χ2v) is 5.34. The molecule has 0 fully saturated rings. The molecule has 24 heavy (non-hydrogen) atoms. The van der Waals surface area contributed by atoms with E-state index in [4.69, 9.17) is 11.6 Å². The standard InChI is InChI=1S/C17H15ClN2O4/c18-14-7-3-2-6-13(14)16(21)11-19-17(22)10-9-12-5-1-4-8-15(12)20(23)24/h1-10,16,21H,11H2,(H,19,22)/b10-9+. The van der Waals surface area contributed by atoms with Gasteiger partial charge in [0.25, 0.3) is 5.69 Å². The fourth-order valence-corrected chi connectivity index (χ4v) is 2.33. The van der Waals surface area contributed by atoms with Gasteiger partial charge in [-0.2, -0.15) is 0 Å². The van der Waals surface area contributed by atoms with Crippen molar-refractivity contribution in [1.29, 1.82) is 0 Å². The number of nitrogens with one attached hydrogen (secondary N) is 1. The van der Waals surface area contributed by atoms with Gasteiger partial charge in [0.1, 0.15) is 0 Å². The van der Waals surface area contributed by atoms with Crippen LogP contribution in [0.15, 0.2) is 54.6 Å². The van der Waals surface area contributed by atoms with Crippen LogP contribution in [0.1, 0.15) is 17.2 Å². The zero-order valence-corrected chi connectivity index (χ0v) is 13.3. The van der Waals surface area contributed by atoms with E-state index in [0.29, 0.717) is 16.1 Å². The number of halogens is 1. The molecule has 0 heterocycles. The number of benzene rings is 2. The van der Waals surface area contributed by atoms with Crippen LogP contribution in [0.4, 0.5) is 5.69 Å². The predicted octanol–water partition coefficient (Wildman–Crippen LogP) is 3.11. The summed E-state index contributed by atoms with van der Waals surface area (Å²) in [6.07, 6.45) is 1.60. The fourth-order valence-electron chi connectivity index (χ4n) is 2.07. The summed E-state index contributed by atoms with van der Waals surface area (Å²) in [4.78, 5) is 22.2. The van der Waals surface area contributed by atoms with Crippen LogP contribution < -0.4 is 5.32 Å². The molecule has 0 saturated heterocycles. The number of hydrogen-bond acceptors (Lipinski definition) is 4. The van der Waals surface area contributed by atoms with Crippen LogP contribution in [-0.2, 0) is 4.79 Å². The Bertz CT molecular complexity index is 777. The van der Waals surface area contributed by atoms with Gasteiger partial charge < -0.3 is 10.4 Å². The quantitative estimate of drug-likeness (QED) is 0.477. The van der Waals surface area contributed by atoms with Crippen LogP contribution in [0, 0.1) is 10.1 Å². The second-order valence-electron chi connectivity index (χ2n) is 4.93. The van der Waals surface area contributed by atoms with E-state index in [9.17, 15) is 20.0 Å². The van der Waals surface area contributed by atoms with Gasteiger partial charge in [-0.25, -0.2) is 0 Å². The third-order valence-electron chi connectivity index (χ3n) is 3.28. The molecule has 0 aromatic heterocycles. The molecule has 1 unspecified atom stereocenters. The summed E-state index contributed by atoms with van der Waals surface area (Å²) < 4.78 is 0. The van der Waals surface area contributed by atoms with E-state index in [1.807, 2.05) is 0 Å². The minimum Gasteiger partial charge on any atom is -0.387 e. The molecule has 0 aliphatic heterocycles. The zero-order chi connectivity index (χ0) is 17.5. The molecule has 2 aromatic carbocycles. The normalized spacial score (nSPS) is 12.1. The zero-order valence-electron chi connectivity index (χ0n) is 12.6. The van der Waals surface area contributed by atoms with Gasteiger partial charge in [0, 0.05) is 29.3 Å². The Kier molecular flexibility index (Phi) is 6.06. The van der Waals surface area contributed by atoms with Gasteiger partial charge in [0.15, 0.2) is 0 Å². The molecule has 0 aliphatic rings. The number of nitrogens with zero attached hydrogens (tertiary/aromatic N) is 1. The van der Waals surface area contributed by atoms with Gasteiger partial charge in [-0.3, -0.25) is 14.9 Å². The first kappa shape index (κ1) is 17.7. The minimum absolute atomic E-state index is 0.0240. The average molecular weight is 347 g/mol. The monoisotopic (exact) mass is 346 g/mol. The van der Waals surface area contributed by atoms with Crippen molar-refractivity contribution < 1.29 is 14.8 Å². The van der Waals surface area contributed by atoms with Crippen LogP contribution in [0.2, 0.25) is 5.02 Å². The Morgan fingerprint density at radius 1 is 1.25 bits per heavy atom. The molecular weight excluding hydrogens is 332 g/mol. The molecule has 6 nitrogen and oxygen atoms in total. The van der Waals surface area contributed by atoms with Crippen molar-refractivity contribution in [3.05, 3.63) is 80.9 Å². The van der Waals surface area contributed by atoms with Crippen molar-refractivity contribution in [1.82, 2.24) is 5.32 Å². The molecule has 0 bridgehead atoms. The highest BCUT2D eigenvalue weighted by Gasteiger charge is 2.12. The number of aliphatic hydroxyl groups excluding tert-OH is 1. The van der Waals surface area contributed by atoms with Crippen molar-refractivity contribution in [2.45, 2.75) is 6.10 Å². The SMILES string of the molecule is O=C(/C=C/c1ccccc1[N+](=O)[O-])NCC(O)c1ccccc1Cl. The summed E-state index contributed by atoms with van der Waals surface area (Å²) >= 11 is 5.97. The molecule has 1 atom stereocenters. The number of nitro groups is 1. The van der Waals surface area contributed by atoms with E-state index in [2.05, 4.69) is 5.32 Å². The van der Waals surface area contributed by atoms with Crippen LogP contribution in [-0.4, -0.2) is 22.5 Å². The molecular formula is C17H15ClN2O4. The number of hydrogen-bond donors (Lipinski definition) is 2. The molecule has 0 saturated carbocycles. The smallest absolute Gasteiger partial charge is 0.276 e. The molecule has 1 amide bonds. The molecule has 0 radical (unpaired) electrons. The number of carbonyl (C=O) groups excluding carboxylic acids is 1. The Labute approximate surface area is 143 Å². The summed E-state index contributed by atoms with van der Waals surface area (Å²) in [5.41, 5.74) is 0.754. The van der Waals surface area contributed by atoms with E-state index in [-0.39, 0.29) is 12.2 Å². The molecule has 2 rings (SSSR count). The van der Waals surface area contributed by atoms with Gasteiger partial charge in [-0.15, -0.1) is 0 Å². The van der Waals surface area contributed by atoms with Gasteiger partial charge >= 0.3 is 0 Å². The Morgan fingerprint density at radius 2 is 1.92 bits per heavy atom. The van der Waals surface area contributed by atoms with Gasteiger partial charge in [0.05, 0.1) is 16.6 Å². The first-order valence-corrected chi connectivity index (χ1v) is 7.48. The number of para-hydroxylation sites is 1. The lowest BCUT2D eigenvalue weighted by molar-refractivity contribution is -0.385.